The summed E-state index contributed by atoms with van der Waals surface area (Å²) in [6.07, 6.45) is 0.802. The van der Waals surface area contributed by atoms with E-state index in [0.29, 0.717) is 11.8 Å². The van der Waals surface area contributed by atoms with Crippen LogP contribution in [-0.4, -0.2) is 22.4 Å². The number of hydrogen-bond donors (Lipinski definition) is 2. The third-order valence-electron chi connectivity index (χ3n) is 2.48. The maximum atomic E-state index is 9.38. The van der Waals surface area contributed by atoms with Crippen LogP contribution in [0.1, 0.15) is 26.7 Å². The van der Waals surface area contributed by atoms with E-state index in [9.17, 15) is 5.11 Å². The van der Waals surface area contributed by atoms with Crippen LogP contribution < -0.4 is 0 Å². The largest absolute Gasteiger partial charge is 0.390 e. The molecule has 0 amide bonds. The Hall–Kier alpha value is -0.0800. The molecule has 0 radical (unpaired) electrons. The summed E-state index contributed by atoms with van der Waals surface area (Å²) in [6.45, 7) is 4.18. The molecule has 2 nitrogen and oxygen atoms in total. The third kappa shape index (κ3) is 1.32. The fourth-order valence-electron chi connectivity index (χ4n) is 1.72. The molecule has 0 heterocycles. The minimum atomic E-state index is -0.472. The van der Waals surface area contributed by atoms with Crippen LogP contribution >= 0.6 is 0 Å². The third-order valence-corrected chi connectivity index (χ3v) is 2.48. The summed E-state index contributed by atoms with van der Waals surface area (Å²) in [5.74, 6) is 0.808. The Kier molecular flexibility index (Phi) is 2.32. The molecule has 0 spiro atoms. The lowest BCUT2D eigenvalue weighted by molar-refractivity contribution is 0.0101. The summed E-state index contributed by atoms with van der Waals surface area (Å²) in [6, 6.07) is 0. The first kappa shape index (κ1) is 8.02. The van der Waals surface area contributed by atoms with E-state index in [1.807, 2.05) is 0 Å². The lowest BCUT2D eigenvalue weighted by atomic mass is 9.92. The highest BCUT2D eigenvalue weighted by atomic mass is 16.3. The quantitative estimate of drug-likeness (QED) is 0.570. The van der Waals surface area contributed by atoms with Crippen LogP contribution in [-0.2, 0) is 0 Å². The minimum absolute atomic E-state index is 0.315. The van der Waals surface area contributed by atoms with Crippen molar-refractivity contribution in [2.24, 2.45) is 11.8 Å². The van der Waals surface area contributed by atoms with Gasteiger partial charge in [-0.25, -0.2) is 0 Å². The van der Waals surface area contributed by atoms with Gasteiger partial charge in [0, 0.05) is 0 Å². The van der Waals surface area contributed by atoms with Crippen molar-refractivity contribution in [1.29, 1.82) is 0 Å². The molecular formula is C8H16O2. The van der Waals surface area contributed by atoms with Gasteiger partial charge in [-0.1, -0.05) is 13.8 Å². The fourth-order valence-corrected chi connectivity index (χ4v) is 1.72. The summed E-state index contributed by atoms with van der Waals surface area (Å²) in [7, 11) is 0. The predicted octanol–water partition coefficient (Wildman–Crippen LogP) is 0.774. The Morgan fingerprint density at radius 2 is 1.80 bits per heavy atom. The van der Waals surface area contributed by atoms with Crippen molar-refractivity contribution in [1.82, 2.24) is 0 Å². The zero-order valence-electron chi connectivity index (χ0n) is 6.62. The van der Waals surface area contributed by atoms with E-state index in [0.717, 1.165) is 12.8 Å². The molecule has 0 saturated heterocycles. The highest BCUT2D eigenvalue weighted by Gasteiger charge is 2.34. The van der Waals surface area contributed by atoms with E-state index < -0.39 is 12.2 Å². The van der Waals surface area contributed by atoms with Crippen molar-refractivity contribution in [2.45, 2.75) is 38.9 Å². The van der Waals surface area contributed by atoms with Gasteiger partial charge in [-0.2, -0.15) is 0 Å². The van der Waals surface area contributed by atoms with Gasteiger partial charge in [0.1, 0.15) is 0 Å². The van der Waals surface area contributed by atoms with Gasteiger partial charge < -0.3 is 10.2 Å². The summed E-state index contributed by atoms with van der Waals surface area (Å²) >= 11 is 0. The lowest BCUT2D eigenvalue weighted by Gasteiger charge is -2.19. The predicted molar refractivity (Wildman–Crippen MR) is 39.6 cm³/mol. The van der Waals surface area contributed by atoms with Gasteiger partial charge in [0.2, 0.25) is 0 Å². The number of aliphatic hydroxyl groups is 2. The second-order valence-electron chi connectivity index (χ2n) is 3.54. The van der Waals surface area contributed by atoms with Crippen molar-refractivity contribution in [2.75, 3.05) is 0 Å². The van der Waals surface area contributed by atoms with Crippen LogP contribution in [0.3, 0.4) is 0 Å². The van der Waals surface area contributed by atoms with Gasteiger partial charge >= 0.3 is 0 Å². The first-order valence-electron chi connectivity index (χ1n) is 3.99. The molecule has 1 saturated carbocycles. The first-order valence-corrected chi connectivity index (χ1v) is 3.99. The van der Waals surface area contributed by atoms with E-state index in [4.69, 9.17) is 5.11 Å². The Bertz CT molecular complexity index is 112. The molecule has 1 fully saturated rings. The number of aliphatic hydroxyl groups excluding tert-OH is 2. The standard InChI is InChI=1S/C8H16O2/c1-5(2)6-3-4-7(9)8(6)10/h5-10H,3-4H2,1-2H3. The molecule has 1 rings (SSSR count). The lowest BCUT2D eigenvalue weighted by Crippen LogP contribution is -2.27. The molecule has 0 aromatic heterocycles. The first-order chi connectivity index (χ1) is 4.63. The van der Waals surface area contributed by atoms with Gasteiger partial charge in [-0.15, -0.1) is 0 Å². The zero-order valence-corrected chi connectivity index (χ0v) is 6.62. The molecule has 2 N–H and O–H groups in total. The van der Waals surface area contributed by atoms with Crippen molar-refractivity contribution in [3.63, 3.8) is 0 Å². The molecular weight excluding hydrogens is 128 g/mol. The number of hydrogen-bond acceptors (Lipinski definition) is 2. The maximum absolute atomic E-state index is 9.38. The average Bonchev–Trinajstić information content (AvgIpc) is 2.14. The van der Waals surface area contributed by atoms with Crippen LogP contribution in [0.15, 0.2) is 0 Å². The van der Waals surface area contributed by atoms with Crippen molar-refractivity contribution >= 4 is 0 Å². The van der Waals surface area contributed by atoms with Gasteiger partial charge in [0.15, 0.2) is 0 Å². The van der Waals surface area contributed by atoms with Crippen LogP contribution in [0.4, 0.5) is 0 Å². The molecule has 1 aliphatic carbocycles. The van der Waals surface area contributed by atoms with Gasteiger partial charge in [-0.05, 0) is 24.7 Å². The van der Waals surface area contributed by atoms with Crippen LogP contribution in [0.2, 0.25) is 0 Å². The van der Waals surface area contributed by atoms with Gasteiger partial charge in [-0.3, -0.25) is 0 Å². The zero-order chi connectivity index (χ0) is 7.72. The molecule has 0 bridgehead atoms. The van der Waals surface area contributed by atoms with E-state index in [2.05, 4.69) is 13.8 Å². The highest BCUT2D eigenvalue weighted by Crippen LogP contribution is 2.31. The Labute approximate surface area is 61.9 Å². The van der Waals surface area contributed by atoms with E-state index in [1.165, 1.54) is 0 Å². The van der Waals surface area contributed by atoms with Crippen LogP contribution in [0.5, 0.6) is 0 Å². The molecule has 0 aliphatic heterocycles. The maximum Gasteiger partial charge on any atom is 0.0829 e. The smallest absolute Gasteiger partial charge is 0.0829 e. The van der Waals surface area contributed by atoms with Crippen molar-refractivity contribution in [3.05, 3.63) is 0 Å². The van der Waals surface area contributed by atoms with Crippen molar-refractivity contribution < 1.29 is 10.2 Å². The molecule has 60 valence electrons. The van der Waals surface area contributed by atoms with E-state index in [1.54, 1.807) is 0 Å². The van der Waals surface area contributed by atoms with Gasteiger partial charge in [0.25, 0.3) is 0 Å². The van der Waals surface area contributed by atoms with E-state index in [-0.39, 0.29) is 0 Å². The van der Waals surface area contributed by atoms with Gasteiger partial charge in [0.05, 0.1) is 12.2 Å². The Morgan fingerprint density at radius 3 is 2.00 bits per heavy atom. The highest BCUT2D eigenvalue weighted by molar-refractivity contribution is 4.85. The summed E-state index contributed by atoms with van der Waals surface area (Å²) in [4.78, 5) is 0. The number of rotatable bonds is 1. The van der Waals surface area contributed by atoms with Crippen LogP contribution in [0.25, 0.3) is 0 Å². The normalized spacial score (nSPS) is 41.1. The fraction of sp³-hybridized carbons (Fsp3) is 1.00. The second kappa shape index (κ2) is 2.89. The Morgan fingerprint density at radius 1 is 1.20 bits per heavy atom. The second-order valence-corrected chi connectivity index (χ2v) is 3.54. The van der Waals surface area contributed by atoms with Crippen molar-refractivity contribution in [3.8, 4) is 0 Å². The topological polar surface area (TPSA) is 40.5 Å². The summed E-state index contributed by atoms with van der Waals surface area (Å²) in [5.41, 5.74) is 0. The SMILES string of the molecule is CC(C)C1CCC(O)C1O. The molecule has 0 aromatic rings. The minimum Gasteiger partial charge on any atom is -0.390 e. The average molecular weight is 144 g/mol. The Balaban J connectivity index is 2.49. The summed E-state index contributed by atoms with van der Waals surface area (Å²) in [5, 5.41) is 18.5. The van der Waals surface area contributed by atoms with Crippen LogP contribution in [0, 0.1) is 11.8 Å². The molecule has 2 heteroatoms. The monoisotopic (exact) mass is 144 g/mol. The molecule has 3 atom stereocenters. The molecule has 0 aromatic carbocycles. The molecule has 1 aliphatic rings. The summed E-state index contributed by atoms with van der Waals surface area (Å²) < 4.78 is 0. The molecule has 3 unspecified atom stereocenters. The molecule has 10 heavy (non-hydrogen) atoms. The van der Waals surface area contributed by atoms with E-state index >= 15 is 0 Å².